The first-order valence-corrected chi connectivity index (χ1v) is 5.13. The monoisotopic (exact) mass is 227 g/mol. The van der Waals surface area contributed by atoms with E-state index in [0.717, 1.165) is 12.5 Å². The lowest BCUT2D eigenvalue weighted by atomic mass is 9.99. The predicted octanol–water partition coefficient (Wildman–Crippen LogP) is 3.30. The van der Waals surface area contributed by atoms with Gasteiger partial charge >= 0.3 is 6.18 Å². The zero-order valence-electron chi connectivity index (χ0n) is 8.59. The molecule has 1 N–H and O–H groups in total. The molecule has 0 fully saturated rings. The lowest BCUT2D eigenvalue weighted by molar-refractivity contribution is -0.137. The van der Waals surface area contributed by atoms with Crippen LogP contribution in [0.25, 0.3) is 0 Å². The van der Waals surface area contributed by atoms with Crippen molar-refractivity contribution in [2.24, 2.45) is 0 Å². The molecule has 0 spiro atoms. The summed E-state index contributed by atoms with van der Waals surface area (Å²) >= 11 is 0. The number of hydrogen-bond donors (Lipinski definition) is 1. The van der Waals surface area contributed by atoms with E-state index in [-0.39, 0.29) is 6.04 Å². The Balaban J connectivity index is 2.25. The van der Waals surface area contributed by atoms with Crippen LogP contribution in [0.3, 0.4) is 0 Å². The molecule has 86 valence electrons. The van der Waals surface area contributed by atoms with Crippen LogP contribution in [-0.2, 0) is 6.18 Å². The molecule has 0 aliphatic carbocycles. The molecule has 16 heavy (non-hydrogen) atoms. The fourth-order valence-corrected chi connectivity index (χ4v) is 1.79. The Bertz CT molecular complexity index is 395. The number of alkyl halides is 3. The van der Waals surface area contributed by atoms with Crippen LogP contribution in [0.4, 0.5) is 13.2 Å². The summed E-state index contributed by atoms with van der Waals surface area (Å²) in [6.07, 6.45) is 0.438. The minimum atomic E-state index is -4.26. The van der Waals surface area contributed by atoms with Crippen LogP contribution in [0.15, 0.2) is 36.4 Å². The van der Waals surface area contributed by atoms with Gasteiger partial charge in [0.05, 0.1) is 5.56 Å². The third-order valence-corrected chi connectivity index (χ3v) is 2.64. The van der Waals surface area contributed by atoms with E-state index in [1.165, 1.54) is 12.1 Å². The predicted molar refractivity (Wildman–Crippen MR) is 55.9 cm³/mol. The average molecular weight is 227 g/mol. The van der Waals surface area contributed by atoms with Gasteiger partial charge in [-0.05, 0) is 24.1 Å². The lowest BCUT2D eigenvalue weighted by Gasteiger charge is -2.21. The SMILES string of the molecule is FC(F)(F)c1cccc(C2CC=CCN2)c1. The Morgan fingerprint density at radius 3 is 2.62 bits per heavy atom. The second kappa shape index (κ2) is 4.29. The van der Waals surface area contributed by atoms with Crippen molar-refractivity contribution in [1.29, 1.82) is 0 Å². The Morgan fingerprint density at radius 2 is 2.00 bits per heavy atom. The van der Waals surface area contributed by atoms with Crippen molar-refractivity contribution >= 4 is 0 Å². The summed E-state index contributed by atoms with van der Waals surface area (Å²) in [5.41, 5.74) is 0.112. The van der Waals surface area contributed by atoms with Crippen LogP contribution in [0.1, 0.15) is 23.6 Å². The van der Waals surface area contributed by atoms with E-state index in [4.69, 9.17) is 0 Å². The summed E-state index contributed by atoms with van der Waals surface area (Å²) in [6.45, 7) is 0.709. The fourth-order valence-electron chi connectivity index (χ4n) is 1.79. The van der Waals surface area contributed by atoms with Gasteiger partial charge in [0.1, 0.15) is 0 Å². The molecule has 1 aliphatic heterocycles. The van der Waals surface area contributed by atoms with Gasteiger partial charge in [0.15, 0.2) is 0 Å². The molecule has 2 rings (SSSR count). The molecule has 0 radical (unpaired) electrons. The highest BCUT2D eigenvalue weighted by molar-refractivity contribution is 5.29. The highest BCUT2D eigenvalue weighted by Crippen LogP contribution is 2.31. The van der Waals surface area contributed by atoms with Gasteiger partial charge in [-0.2, -0.15) is 13.2 Å². The van der Waals surface area contributed by atoms with E-state index in [1.54, 1.807) is 6.07 Å². The van der Waals surface area contributed by atoms with Crippen molar-refractivity contribution in [2.75, 3.05) is 6.54 Å². The Morgan fingerprint density at radius 1 is 1.19 bits per heavy atom. The molecule has 0 bridgehead atoms. The van der Waals surface area contributed by atoms with Gasteiger partial charge in [-0.1, -0.05) is 24.3 Å². The normalized spacial score (nSPS) is 21.1. The minimum Gasteiger partial charge on any atom is -0.306 e. The number of rotatable bonds is 1. The summed E-state index contributed by atoms with van der Waals surface area (Å²) in [4.78, 5) is 0. The maximum absolute atomic E-state index is 12.5. The highest BCUT2D eigenvalue weighted by Gasteiger charge is 2.30. The van der Waals surface area contributed by atoms with Gasteiger partial charge in [-0.3, -0.25) is 0 Å². The second-order valence-electron chi connectivity index (χ2n) is 3.79. The molecule has 1 unspecified atom stereocenters. The van der Waals surface area contributed by atoms with Crippen molar-refractivity contribution in [3.8, 4) is 0 Å². The summed E-state index contributed by atoms with van der Waals surface area (Å²) in [6, 6.07) is 5.50. The molecule has 0 aromatic heterocycles. The summed E-state index contributed by atoms with van der Waals surface area (Å²) in [5, 5.41) is 3.16. The Labute approximate surface area is 92.0 Å². The molecule has 1 nitrogen and oxygen atoms in total. The average Bonchev–Trinajstić information content (AvgIpc) is 2.29. The Kier molecular flexibility index (Phi) is 3.01. The van der Waals surface area contributed by atoms with Crippen LogP contribution >= 0.6 is 0 Å². The van der Waals surface area contributed by atoms with Crippen molar-refractivity contribution in [2.45, 2.75) is 18.6 Å². The first-order valence-electron chi connectivity index (χ1n) is 5.13. The molecule has 0 amide bonds. The van der Waals surface area contributed by atoms with E-state index in [1.807, 2.05) is 12.2 Å². The van der Waals surface area contributed by atoms with E-state index in [0.29, 0.717) is 12.1 Å². The zero-order chi connectivity index (χ0) is 11.6. The first kappa shape index (κ1) is 11.2. The van der Waals surface area contributed by atoms with E-state index in [2.05, 4.69) is 5.32 Å². The number of nitrogens with one attached hydrogen (secondary N) is 1. The molecular formula is C12H12F3N. The Hall–Kier alpha value is -1.29. The first-order chi connectivity index (χ1) is 7.57. The van der Waals surface area contributed by atoms with Gasteiger partial charge in [0.25, 0.3) is 0 Å². The molecule has 0 saturated carbocycles. The third-order valence-electron chi connectivity index (χ3n) is 2.64. The second-order valence-corrected chi connectivity index (χ2v) is 3.79. The summed E-state index contributed by atoms with van der Waals surface area (Å²) in [5.74, 6) is 0. The van der Waals surface area contributed by atoms with Crippen molar-refractivity contribution in [3.05, 3.63) is 47.5 Å². The van der Waals surface area contributed by atoms with Gasteiger partial charge in [0, 0.05) is 12.6 Å². The molecular weight excluding hydrogens is 215 g/mol. The quantitative estimate of drug-likeness (QED) is 0.726. The van der Waals surface area contributed by atoms with E-state index >= 15 is 0 Å². The van der Waals surface area contributed by atoms with Gasteiger partial charge in [-0.25, -0.2) is 0 Å². The molecule has 1 heterocycles. The third kappa shape index (κ3) is 2.44. The standard InChI is InChI=1S/C12H12F3N/c13-12(14,15)10-5-3-4-9(8-10)11-6-1-2-7-16-11/h1-5,8,11,16H,6-7H2. The maximum Gasteiger partial charge on any atom is 0.416 e. The molecule has 4 heteroatoms. The van der Waals surface area contributed by atoms with Crippen LogP contribution in [0.2, 0.25) is 0 Å². The topological polar surface area (TPSA) is 12.0 Å². The van der Waals surface area contributed by atoms with Crippen LogP contribution in [-0.4, -0.2) is 6.54 Å². The lowest BCUT2D eigenvalue weighted by Crippen LogP contribution is -2.24. The van der Waals surface area contributed by atoms with Crippen molar-refractivity contribution < 1.29 is 13.2 Å². The van der Waals surface area contributed by atoms with E-state index in [9.17, 15) is 13.2 Å². The summed E-state index contributed by atoms with van der Waals surface area (Å²) < 4.78 is 37.5. The van der Waals surface area contributed by atoms with Crippen LogP contribution in [0.5, 0.6) is 0 Å². The fraction of sp³-hybridized carbons (Fsp3) is 0.333. The molecule has 1 aromatic carbocycles. The van der Waals surface area contributed by atoms with Gasteiger partial charge in [-0.15, -0.1) is 0 Å². The van der Waals surface area contributed by atoms with Crippen molar-refractivity contribution in [3.63, 3.8) is 0 Å². The molecule has 1 atom stereocenters. The van der Waals surface area contributed by atoms with Gasteiger partial charge < -0.3 is 5.32 Å². The molecule has 1 aromatic rings. The number of benzene rings is 1. The van der Waals surface area contributed by atoms with E-state index < -0.39 is 11.7 Å². The molecule has 0 saturated heterocycles. The summed E-state index contributed by atoms with van der Waals surface area (Å²) in [7, 11) is 0. The van der Waals surface area contributed by atoms with Crippen molar-refractivity contribution in [1.82, 2.24) is 5.32 Å². The highest BCUT2D eigenvalue weighted by atomic mass is 19.4. The number of hydrogen-bond acceptors (Lipinski definition) is 1. The molecule has 1 aliphatic rings. The maximum atomic E-state index is 12.5. The smallest absolute Gasteiger partial charge is 0.306 e. The minimum absolute atomic E-state index is 0.00713. The zero-order valence-corrected chi connectivity index (χ0v) is 8.59. The van der Waals surface area contributed by atoms with Crippen LogP contribution < -0.4 is 5.32 Å². The van der Waals surface area contributed by atoms with Gasteiger partial charge in [0.2, 0.25) is 0 Å². The van der Waals surface area contributed by atoms with Crippen LogP contribution in [0, 0.1) is 0 Å². The number of halogens is 3. The largest absolute Gasteiger partial charge is 0.416 e.